The van der Waals surface area contributed by atoms with Crippen LogP contribution in [0.5, 0.6) is 17.2 Å². The standard InChI is InChI=1S/C40H31Cl3N4O9/c1-55-24-9-6-20(7-10-24)40-28(37(50)46(39(40)52)44-31-13-8-21(41)16-29(31)42)18-27-25(34(40)19-14-30(43)35(48)32(15-19)56-2)11-12-26-33(27)38(51)45(36(26)49)22-4-3-5-23(17-22)47(53)54/h3-11,13-17,26-28,33-34,44,48H,12,18H2,1-2H3/t26-,27+,28-,33-,34-,40+/m0/s1. The molecule has 2 N–H and O–H groups in total. The number of carbonyl (C=O) groups is 4. The summed E-state index contributed by atoms with van der Waals surface area (Å²) in [7, 11) is 2.85. The van der Waals surface area contributed by atoms with Crippen molar-refractivity contribution in [1.29, 1.82) is 0 Å². The highest BCUT2D eigenvalue weighted by molar-refractivity contribution is 6.36. The number of hydrogen-bond acceptors (Lipinski definition) is 10. The Morgan fingerprint density at radius 3 is 2.30 bits per heavy atom. The Morgan fingerprint density at radius 2 is 1.62 bits per heavy atom. The van der Waals surface area contributed by atoms with Gasteiger partial charge in [-0.05, 0) is 78.4 Å². The molecule has 4 amide bonds. The summed E-state index contributed by atoms with van der Waals surface area (Å²) in [6.45, 7) is 0. The fourth-order valence-corrected chi connectivity index (χ4v) is 9.80. The maximum atomic E-state index is 15.5. The zero-order valence-corrected chi connectivity index (χ0v) is 31.8. The number of halogens is 3. The van der Waals surface area contributed by atoms with Crippen LogP contribution in [0.25, 0.3) is 0 Å². The highest BCUT2D eigenvalue weighted by Crippen LogP contribution is 2.65. The summed E-state index contributed by atoms with van der Waals surface area (Å²) in [6.07, 6.45) is 1.91. The highest BCUT2D eigenvalue weighted by atomic mass is 35.5. The summed E-state index contributed by atoms with van der Waals surface area (Å²) < 4.78 is 11.0. The number of fused-ring (bicyclic) bond motifs is 4. The Labute approximate surface area is 334 Å². The van der Waals surface area contributed by atoms with Crippen molar-refractivity contribution in [3.63, 3.8) is 0 Å². The van der Waals surface area contributed by atoms with Crippen LogP contribution >= 0.6 is 34.8 Å². The molecule has 1 saturated carbocycles. The molecule has 0 spiro atoms. The number of ether oxygens (including phenoxy) is 2. The number of anilines is 2. The second kappa shape index (κ2) is 13.8. The number of nitro groups is 1. The van der Waals surface area contributed by atoms with E-state index in [1.165, 1.54) is 56.7 Å². The number of allylic oxidation sites excluding steroid dienone is 2. The predicted molar refractivity (Wildman–Crippen MR) is 206 cm³/mol. The van der Waals surface area contributed by atoms with Crippen LogP contribution in [0.2, 0.25) is 15.1 Å². The molecule has 0 bridgehead atoms. The average molecular weight is 818 g/mol. The number of amides is 4. The lowest BCUT2D eigenvalue weighted by Gasteiger charge is -2.50. The van der Waals surface area contributed by atoms with Crippen LogP contribution in [0, 0.1) is 33.8 Å². The van der Waals surface area contributed by atoms with Crippen LogP contribution in [0.1, 0.15) is 29.9 Å². The number of phenols is 1. The van der Waals surface area contributed by atoms with Crippen LogP contribution in [0.4, 0.5) is 17.1 Å². The first-order valence-corrected chi connectivity index (χ1v) is 18.6. The average Bonchev–Trinajstić information content (AvgIpc) is 3.57. The van der Waals surface area contributed by atoms with Crippen molar-refractivity contribution in [2.75, 3.05) is 24.5 Å². The number of benzene rings is 4. The normalized spacial score (nSPS) is 25.4. The van der Waals surface area contributed by atoms with E-state index >= 15 is 4.79 Å². The molecule has 286 valence electrons. The van der Waals surface area contributed by atoms with Crippen molar-refractivity contribution in [1.82, 2.24) is 5.01 Å². The molecular formula is C40H31Cl3N4O9. The molecule has 0 aromatic heterocycles. The number of hydrazine groups is 1. The fraction of sp³-hybridized carbons (Fsp3) is 0.250. The number of nitrogens with zero attached hydrogens (tertiary/aromatic N) is 3. The number of aromatic hydroxyl groups is 1. The van der Waals surface area contributed by atoms with E-state index in [2.05, 4.69) is 5.43 Å². The second-order valence-electron chi connectivity index (χ2n) is 14.1. The lowest BCUT2D eigenvalue weighted by Crippen LogP contribution is -2.53. The van der Waals surface area contributed by atoms with E-state index in [1.807, 2.05) is 6.08 Å². The molecule has 4 aliphatic rings. The summed E-state index contributed by atoms with van der Waals surface area (Å²) in [4.78, 5) is 71.1. The maximum absolute atomic E-state index is 15.5. The van der Waals surface area contributed by atoms with Gasteiger partial charge in [-0.1, -0.05) is 64.7 Å². The minimum Gasteiger partial charge on any atom is -0.503 e. The number of non-ortho nitro benzene ring substituents is 1. The van der Waals surface area contributed by atoms with Gasteiger partial charge in [-0.2, -0.15) is 5.01 Å². The van der Waals surface area contributed by atoms with Crippen molar-refractivity contribution in [2.45, 2.75) is 24.2 Å². The lowest BCUT2D eigenvalue weighted by atomic mass is 9.49. The zero-order chi connectivity index (χ0) is 39.8. The highest BCUT2D eigenvalue weighted by Gasteiger charge is 2.70. The van der Waals surface area contributed by atoms with Gasteiger partial charge in [0.2, 0.25) is 11.8 Å². The van der Waals surface area contributed by atoms with Crippen LogP contribution < -0.4 is 19.8 Å². The quantitative estimate of drug-likeness (QED) is 0.0788. The van der Waals surface area contributed by atoms with Gasteiger partial charge in [-0.15, -0.1) is 0 Å². The van der Waals surface area contributed by atoms with Crippen molar-refractivity contribution in [2.24, 2.45) is 23.7 Å². The molecule has 0 radical (unpaired) electrons. The molecule has 0 unspecified atom stereocenters. The number of carbonyl (C=O) groups excluding carboxylic acids is 4. The van der Waals surface area contributed by atoms with Gasteiger partial charge in [0.15, 0.2) is 11.5 Å². The van der Waals surface area contributed by atoms with Crippen LogP contribution in [0.3, 0.4) is 0 Å². The number of rotatable bonds is 8. The third kappa shape index (κ3) is 5.51. The summed E-state index contributed by atoms with van der Waals surface area (Å²) >= 11 is 19.3. The first kappa shape index (κ1) is 37.3. The Kier molecular flexibility index (Phi) is 9.22. The van der Waals surface area contributed by atoms with Gasteiger partial charge >= 0.3 is 0 Å². The largest absolute Gasteiger partial charge is 0.503 e. The van der Waals surface area contributed by atoms with Crippen LogP contribution in [0.15, 0.2) is 90.5 Å². The number of imide groups is 2. The van der Waals surface area contributed by atoms with Gasteiger partial charge in [-0.25, -0.2) is 4.90 Å². The van der Waals surface area contributed by atoms with Crippen molar-refractivity contribution < 1.29 is 38.7 Å². The summed E-state index contributed by atoms with van der Waals surface area (Å²) in [5, 5.41) is 23.8. The Hall–Kier alpha value is -5.63. The van der Waals surface area contributed by atoms with Gasteiger partial charge in [-0.3, -0.25) is 34.7 Å². The molecule has 56 heavy (non-hydrogen) atoms. The number of methoxy groups -OCH3 is 2. The second-order valence-corrected chi connectivity index (χ2v) is 15.3. The minimum atomic E-state index is -1.69. The van der Waals surface area contributed by atoms with E-state index in [9.17, 15) is 29.6 Å². The molecule has 13 nitrogen and oxygen atoms in total. The molecule has 2 aliphatic heterocycles. The number of nitro benzene ring substituents is 1. The summed E-state index contributed by atoms with van der Waals surface area (Å²) in [5.74, 6) is -6.92. The Balaban J connectivity index is 1.34. The van der Waals surface area contributed by atoms with E-state index in [0.29, 0.717) is 27.5 Å². The van der Waals surface area contributed by atoms with Gasteiger partial charge in [0.1, 0.15) is 5.75 Å². The molecule has 2 saturated heterocycles. The molecule has 4 aromatic rings. The van der Waals surface area contributed by atoms with Crippen molar-refractivity contribution in [3.05, 3.63) is 127 Å². The van der Waals surface area contributed by atoms with E-state index < -0.39 is 63.6 Å². The molecule has 2 aliphatic carbocycles. The molecule has 2 heterocycles. The fourth-order valence-electron chi connectivity index (χ4n) is 9.13. The molecular weight excluding hydrogens is 787 g/mol. The number of nitrogens with one attached hydrogen (secondary N) is 1. The zero-order valence-electron chi connectivity index (χ0n) is 29.6. The maximum Gasteiger partial charge on any atom is 0.271 e. The van der Waals surface area contributed by atoms with Gasteiger partial charge < -0.3 is 14.6 Å². The van der Waals surface area contributed by atoms with Gasteiger partial charge in [0.25, 0.3) is 17.5 Å². The lowest BCUT2D eigenvalue weighted by molar-refractivity contribution is -0.384. The molecule has 3 fully saturated rings. The van der Waals surface area contributed by atoms with Crippen LogP contribution in [-0.2, 0) is 24.6 Å². The molecule has 4 aromatic carbocycles. The SMILES string of the molecule is COc1ccc([C@@]23C(=O)N(Nc4ccc(Cl)cc4Cl)C(=O)[C@@H]2C[C@@H]2C(=CC[C@@H]4C(=O)N(c5cccc([N+](=O)[O-])c5)C(=O)[C@@H]42)[C@@H]3c2cc(Cl)c(O)c(OC)c2)cc1. The van der Waals surface area contributed by atoms with E-state index in [-0.39, 0.29) is 51.4 Å². The monoisotopic (exact) mass is 816 g/mol. The molecule has 8 rings (SSSR count). The van der Waals surface area contributed by atoms with Gasteiger partial charge in [0, 0.05) is 23.1 Å². The number of hydrogen-bond donors (Lipinski definition) is 2. The molecule has 6 atom stereocenters. The smallest absolute Gasteiger partial charge is 0.271 e. The van der Waals surface area contributed by atoms with E-state index in [0.717, 1.165) is 9.91 Å². The minimum absolute atomic E-state index is 0.00834. The van der Waals surface area contributed by atoms with Gasteiger partial charge in [0.05, 0.1) is 63.7 Å². The summed E-state index contributed by atoms with van der Waals surface area (Å²) in [5.41, 5.74) is 2.70. The third-order valence-electron chi connectivity index (χ3n) is 11.5. The first-order valence-electron chi connectivity index (χ1n) is 17.4. The van der Waals surface area contributed by atoms with Crippen LogP contribution in [-0.4, -0.2) is 52.9 Å². The van der Waals surface area contributed by atoms with Crippen molar-refractivity contribution >= 4 is 75.5 Å². The first-order chi connectivity index (χ1) is 26.8. The third-order valence-corrected chi connectivity index (χ3v) is 12.3. The van der Waals surface area contributed by atoms with E-state index in [1.54, 1.807) is 36.4 Å². The predicted octanol–water partition coefficient (Wildman–Crippen LogP) is 7.47. The van der Waals surface area contributed by atoms with Crippen molar-refractivity contribution in [3.8, 4) is 17.2 Å². The summed E-state index contributed by atoms with van der Waals surface area (Å²) in [6, 6.07) is 19.7. The Bertz CT molecular complexity index is 2410. The molecule has 16 heteroatoms. The van der Waals surface area contributed by atoms with E-state index in [4.69, 9.17) is 44.3 Å². The number of phenolic OH excluding ortho intramolecular Hbond substituents is 1. The Morgan fingerprint density at radius 1 is 0.875 bits per heavy atom. The topological polar surface area (TPSA) is 169 Å².